The first-order valence-electron chi connectivity index (χ1n) is 5.61. The molecule has 0 radical (unpaired) electrons. The van der Waals surface area contributed by atoms with Gasteiger partial charge in [-0.2, -0.15) is 0 Å². The van der Waals surface area contributed by atoms with Crippen molar-refractivity contribution in [2.45, 2.75) is 26.7 Å². The molecule has 88 valence electrons. The number of rotatable bonds is 4. The van der Waals surface area contributed by atoms with E-state index in [0.29, 0.717) is 13.1 Å². The summed E-state index contributed by atoms with van der Waals surface area (Å²) in [6.07, 6.45) is 0. The molecule has 1 rings (SSSR count). The van der Waals surface area contributed by atoms with Crippen LogP contribution in [0.3, 0.4) is 0 Å². The Morgan fingerprint density at radius 3 is 2.69 bits per heavy atom. The Morgan fingerprint density at radius 2 is 2.12 bits per heavy atom. The van der Waals surface area contributed by atoms with Gasteiger partial charge in [-0.05, 0) is 31.9 Å². The van der Waals surface area contributed by atoms with Crippen molar-refractivity contribution in [3.8, 4) is 0 Å². The summed E-state index contributed by atoms with van der Waals surface area (Å²) < 4.78 is 0. The smallest absolute Gasteiger partial charge is 0.227 e. The molecule has 0 aromatic heterocycles. The number of nitrogens with two attached hydrogens (primary N) is 1. The van der Waals surface area contributed by atoms with Crippen LogP contribution in [0.5, 0.6) is 0 Å². The van der Waals surface area contributed by atoms with Crippen LogP contribution in [0.2, 0.25) is 0 Å². The first-order valence-corrected chi connectivity index (χ1v) is 5.61. The highest BCUT2D eigenvalue weighted by atomic mass is 16.1. The molecule has 0 heterocycles. The van der Waals surface area contributed by atoms with Crippen molar-refractivity contribution in [2.75, 3.05) is 13.1 Å². The number of hydrogen-bond acceptors (Lipinski definition) is 2. The lowest BCUT2D eigenvalue weighted by molar-refractivity contribution is -0.122. The van der Waals surface area contributed by atoms with Crippen LogP contribution in [-0.4, -0.2) is 19.0 Å². The molecule has 0 aliphatic carbocycles. The summed E-state index contributed by atoms with van der Waals surface area (Å²) in [5.41, 5.74) is 8.81. The first kappa shape index (κ1) is 12.7. The summed E-state index contributed by atoms with van der Waals surface area (Å²) in [5.74, 6) is -0.0791. The molecule has 1 atom stereocenters. The van der Waals surface area contributed by atoms with Gasteiger partial charge in [0, 0.05) is 13.1 Å². The molecule has 1 unspecified atom stereocenters. The standard InChI is InChI=1S/C13H20N2O/c1-9-4-5-12(10(2)8-9)11(3)13(16)15-7-6-14/h4-5,8,11H,6-7,14H2,1-3H3,(H,15,16). The molecular weight excluding hydrogens is 200 g/mol. The van der Waals surface area contributed by atoms with Crippen molar-refractivity contribution < 1.29 is 4.79 Å². The van der Waals surface area contributed by atoms with Crippen LogP contribution in [0.1, 0.15) is 29.5 Å². The predicted molar refractivity (Wildman–Crippen MR) is 66.4 cm³/mol. The number of hydrogen-bond donors (Lipinski definition) is 2. The van der Waals surface area contributed by atoms with Crippen molar-refractivity contribution in [1.82, 2.24) is 5.32 Å². The lowest BCUT2D eigenvalue weighted by Crippen LogP contribution is -2.32. The largest absolute Gasteiger partial charge is 0.354 e. The van der Waals surface area contributed by atoms with Crippen molar-refractivity contribution >= 4 is 5.91 Å². The lowest BCUT2D eigenvalue weighted by Gasteiger charge is -2.15. The molecule has 16 heavy (non-hydrogen) atoms. The Morgan fingerprint density at radius 1 is 1.44 bits per heavy atom. The Kier molecular flexibility index (Phi) is 4.50. The average Bonchev–Trinajstić information content (AvgIpc) is 2.25. The molecule has 0 aliphatic heterocycles. The van der Waals surface area contributed by atoms with Gasteiger partial charge in [0.05, 0.1) is 5.92 Å². The maximum absolute atomic E-state index is 11.8. The second-order valence-corrected chi connectivity index (χ2v) is 4.16. The molecule has 1 aromatic rings. The molecule has 0 saturated heterocycles. The summed E-state index contributed by atoms with van der Waals surface area (Å²) in [7, 11) is 0. The number of carbonyl (C=O) groups is 1. The average molecular weight is 220 g/mol. The van der Waals surface area contributed by atoms with Gasteiger partial charge < -0.3 is 11.1 Å². The van der Waals surface area contributed by atoms with Crippen molar-refractivity contribution in [3.63, 3.8) is 0 Å². The van der Waals surface area contributed by atoms with E-state index in [4.69, 9.17) is 5.73 Å². The summed E-state index contributed by atoms with van der Waals surface area (Å²) >= 11 is 0. The van der Waals surface area contributed by atoms with Gasteiger partial charge in [-0.15, -0.1) is 0 Å². The zero-order chi connectivity index (χ0) is 12.1. The summed E-state index contributed by atoms with van der Waals surface area (Å²) in [6.45, 7) is 7.02. The fourth-order valence-electron chi connectivity index (χ4n) is 1.80. The molecule has 3 N–H and O–H groups in total. The number of aryl methyl sites for hydroxylation is 2. The SMILES string of the molecule is Cc1ccc(C(C)C(=O)NCCN)c(C)c1. The third-order valence-electron chi connectivity index (χ3n) is 2.73. The van der Waals surface area contributed by atoms with E-state index in [-0.39, 0.29) is 11.8 Å². The number of benzene rings is 1. The van der Waals surface area contributed by atoms with Gasteiger partial charge in [0.25, 0.3) is 0 Å². The third kappa shape index (κ3) is 3.07. The van der Waals surface area contributed by atoms with Gasteiger partial charge in [-0.3, -0.25) is 4.79 Å². The normalized spacial score (nSPS) is 12.2. The molecule has 1 amide bonds. The van der Waals surface area contributed by atoms with E-state index in [1.807, 2.05) is 26.0 Å². The minimum Gasteiger partial charge on any atom is -0.354 e. The van der Waals surface area contributed by atoms with E-state index in [9.17, 15) is 4.79 Å². The Labute approximate surface area is 97.0 Å². The fraction of sp³-hybridized carbons (Fsp3) is 0.462. The highest BCUT2D eigenvalue weighted by molar-refractivity contribution is 5.83. The Bertz CT molecular complexity index is 374. The number of nitrogens with one attached hydrogen (secondary N) is 1. The summed E-state index contributed by atoms with van der Waals surface area (Å²) in [6, 6.07) is 6.16. The van der Waals surface area contributed by atoms with E-state index in [1.54, 1.807) is 0 Å². The van der Waals surface area contributed by atoms with Crippen LogP contribution in [0.15, 0.2) is 18.2 Å². The van der Waals surface area contributed by atoms with Gasteiger partial charge in [0.15, 0.2) is 0 Å². The molecular formula is C13H20N2O. The minimum absolute atomic E-state index is 0.0393. The predicted octanol–water partition coefficient (Wildman–Crippen LogP) is 1.48. The van der Waals surface area contributed by atoms with Crippen LogP contribution < -0.4 is 11.1 Å². The summed E-state index contributed by atoms with van der Waals surface area (Å²) in [4.78, 5) is 11.8. The van der Waals surface area contributed by atoms with Gasteiger partial charge in [-0.25, -0.2) is 0 Å². The van der Waals surface area contributed by atoms with E-state index in [1.165, 1.54) is 5.56 Å². The molecule has 3 heteroatoms. The topological polar surface area (TPSA) is 55.1 Å². The minimum atomic E-state index is -0.118. The fourth-order valence-corrected chi connectivity index (χ4v) is 1.80. The monoisotopic (exact) mass is 220 g/mol. The zero-order valence-electron chi connectivity index (χ0n) is 10.2. The van der Waals surface area contributed by atoms with Crippen molar-refractivity contribution in [3.05, 3.63) is 34.9 Å². The van der Waals surface area contributed by atoms with Gasteiger partial charge in [0.2, 0.25) is 5.91 Å². The maximum atomic E-state index is 11.8. The van der Waals surface area contributed by atoms with Crippen molar-refractivity contribution in [2.24, 2.45) is 5.73 Å². The maximum Gasteiger partial charge on any atom is 0.227 e. The number of amides is 1. The van der Waals surface area contributed by atoms with Gasteiger partial charge >= 0.3 is 0 Å². The second kappa shape index (κ2) is 5.66. The lowest BCUT2D eigenvalue weighted by atomic mass is 9.94. The number of carbonyl (C=O) groups excluding carboxylic acids is 1. The highest BCUT2D eigenvalue weighted by Crippen LogP contribution is 2.20. The van der Waals surface area contributed by atoms with Gasteiger partial charge in [0.1, 0.15) is 0 Å². The third-order valence-corrected chi connectivity index (χ3v) is 2.73. The van der Waals surface area contributed by atoms with Crippen LogP contribution in [-0.2, 0) is 4.79 Å². The quantitative estimate of drug-likeness (QED) is 0.807. The molecule has 1 aromatic carbocycles. The molecule has 0 fully saturated rings. The van der Waals surface area contributed by atoms with Crippen LogP contribution >= 0.6 is 0 Å². The van der Waals surface area contributed by atoms with E-state index < -0.39 is 0 Å². The van der Waals surface area contributed by atoms with E-state index in [0.717, 1.165) is 11.1 Å². The molecule has 0 spiro atoms. The first-order chi connectivity index (χ1) is 7.56. The van der Waals surface area contributed by atoms with Crippen LogP contribution in [0.25, 0.3) is 0 Å². The van der Waals surface area contributed by atoms with E-state index >= 15 is 0 Å². The molecule has 3 nitrogen and oxygen atoms in total. The van der Waals surface area contributed by atoms with Crippen LogP contribution in [0, 0.1) is 13.8 Å². The Hall–Kier alpha value is -1.35. The Balaban J connectivity index is 2.79. The van der Waals surface area contributed by atoms with Crippen LogP contribution in [0.4, 0.5) is 0 Å². The molecule has 0 saturated carbocycles. The van der Waals surface area contributed by atoms with E-state index in [2.05, 4.69) is 18.3 Å². The van der Waals surface area contributed by atoms with Crippen molar-refractivity contribution in [1.29, 1.82) is 0 Å². The molecule has 0 aliphatic rings. The second-order valence-electron chi connectivity index (χ2n) is 4.16. The molecule has 0 bridgehead atoms. The highest BCUT2D eigenvalue weighted by Gasteiger charge is 2.16. The zero-order valence-corrected chi connectivity index (χ0v) is 10.2. The van der Waals surface area contributed by atoms with Gasteiger partial charge in [-0.1, -0.05) is 23.8 Å². The summed E-state index contributed by atoms with van der Waals surface area (Å²) in [5, 5.41) is 2.81.